The van der Waals surface area contributed by atoms with Crippen molar-refractivity contribution in [2.24, 2.45) is 0 Å². The minimum absolute atomic E-state index is 0.0134. The molecule has 5 N–H and O–H groups in total. The van der Waals surface area contributed by atoms with Crippen LogP contribution in [-0.2, 0) is 28.7 Å². The van der Waals surface area contributed by atoms with Gasteiger partial charge in [0.1, 0.15) is 53.9 Å². The molecule has 5 rings (SSSR count). The van der Waals surface area contributed by atoms with Crippen LogP contribution in [0.15, 0.2) is 36.7 Å². The van der Waals surface area contributed by atoms with Crippen LogP contribution in [0.1, 0.15) is 121 Å². The maximum Gasteiger partial charge on any atom is 0.472 e. The third-order valence-corrected chi connectivity index (χ3v) is 11.6. The lowest BCUT2D eigenvalue weighted by molar-refractivity contribution is -0.106. The summed E-state index contributed by atoms with van der Waals surface area (Å²) in [5, 5.41) is 46.0. The third kappa shape index (κ3) is 11.3. The average Bonchev–Trinajstić information content (AvgIpc) is 3.43. The average molecular weight is 815 g/mol. The Morgan fingerprint density at radius 3 is 2.19 bits per heavy atom. The van der Waals surface area contributed by atoms with Crippen molar-refractivity contribution in [2.75, 3.05) is 25.6 Å². The zero-order valence-electron chi connectivity index (χ0n) is 32.6. The second-order valence-corrected chi connectivity index (χ2v) is 16.4. The van der Waals surface area contributed by atoms with E-state index in [4.69, 9.17) is 29.0 Å². The molecule has 2 aliphatic rings. The molecule has 2 aromatic heterocycles. The van der Waals surface area contributed by atoms with E-state index in [1.807, 2.05) is 12.1 Å². The second kappa shape index (κ2) is 20.8. The van der Waals surface area contributed by atoms with Crippen molar-refractivity contribution in [3.63, 3.8) is 0 Å². The first-order valence-electron chi connectivity index (χ1n) is 20.2. The largest absolute Gasteiger partial charge is 0.485 e. The Hall–Kier alpha value is -3.70. The topological polar surface area (TPSA) is 228 Å². The number of phosphoric ester groups is 1. The minimum atomic E-state index is -4.97. The van der Waals surface area contributed by atoms with Crippen LogP contribution in [-0.4, -0.2) is 79.5 Å². The van der Waals surface area contributed by atoms with Gasteiger partial charge in [0.15, 0.2) is 11.4 Å². The summed E-state index contributed by atoms with van der Waals surface area (Å²) in [5.41, 5.74) is 1.93. The number of aliphatic hydroxyl groups excluding tert-OH is 1. The van der Waals surface area contributed by atoms with Gasteiger partial charge in [-0.25, -0.2) is 18.5 Å². The Morgan fingerprint density at radius 2 is 1.61 bits per heavy atom. The van der Waals surface area contributed by atoms with E-state index in [0.717, 1.165) is 44.1 Å². The standard InChI is InChI=1S/C40H56FN6O9P/c1-2-3-4-5-6-7-8-9-10-11-12-13-14-15-16-17-20-52-25-32(54-31-22-29(24-42)21-30(41)23-31)26-53-57(50,51)56-36-35-40(36,49)38(48)39(27-43,55-35)34-19-18-33-37(44)45-28-46-47(33)34/h18-19,21-23,28,32,35-36,38,48-49H,2-17,20,25-26H2,1H3,(H,50,51)(H2,44,45,46)/t32-,35-,36?,38+,39+,40+/m1/s1. The van der Waals surface area contributed by atoms with Crippen LogP contribution in [0.4, 0.5) is 10.2 Å². The van der Waals surface area contributed by atoms with Gasteiger partial charge in [-0.3, -0.25) is 9.05 Å². The van der Waals surface area contributed by atoms with Gasteiger partial charge in [0.2, 0.25) is 5.60 Å². The SMILES string of the molecule is CCCCCCCCCCCCCCCCCCOC[C@H](COP(=O)(O)OC1[C@H]2O[C@@](C#N)(c3ccc4c(N)ncnn34)[C@H](O)[C@@]12O)Oc1cc(F)cc(C#N)c1. The monoisotopic (exact) mass is 814 g/mol. The predicted molar refractivity (Wildman–Crippen MR) is 207 cm³/mol. The number of nitrogens with two attached hydrogens (primary N) is 1. The van der Waals surface area contributed by atoms with Crippen LogP contribution < -0.4 is 10.5 Å². The summed E-state index contributed by atoms with van der Waals surface area (Å²) in [6, 6.07) is 10.1. The van der Waals surface area contributed by atoms with Gasteiger partial charge in [-0.15, -0.1) is 0 Å². The van der Waals surface area contributed by atoms with Gasteiger partial charge >= 0.3 is 7.82 Å². The molecule has 17 heteroatoms. The zero-order valence-corrected chi connectivity index (χ0v) is 33.5. The van der Waals surface area contributed by atoms with Crippen molar-refractivity contribution in [1.29, 1.82) is 10.5 Å². The maximum atomic E-state index is 14.2. The molecule has 7 atom stereocenters. The summed E-state index contributed by atoms with van der Waals surface area (Å²) < 4.78 is 56.5. The zero-order chi connectivity index (χ0) is 40.9. The lowest BCUT2D eigenvalue weighted by Crippen LogP contribution is -2.47. The first kappa shape index (κ1) is 44.4. The number of phosphoric acid groups is 1. The van der Waals surface area contributed by atoms with Crippen molar-refractivity contribution >= 4 is 19.2 Å². The summed E-state index contributed by atoms with van der Waals surface area (Å²) in [7, 11) is -4.97. The lowest BCUT2D eigenvalue weighted by Gasteiger charge is -2.29. The predicted octanol–water partition coefficient (Wildman–Crippen LogP) is 6.77. The van der Waals surface area contributed by atoms with Crippen LogP contribution in [0.5, 0.6) is 5.75 Å². The molecule has 0 spiro atoms. The van der Waals surface area contributed by atoms with Crippen LogP contribution in [0.25, 0.3) is 5.52 Å². The summed E-state index contributed by atoms with van der Waals surface area (Å²) in [6.07, 6.45) is 15.1. The van der Waals surface area contributed by atoms with Gasteiger partial charge in [-0.05, 0) is 30.7 Å². The molecule has 312 valence electrons. The molecule has 2 fully saturated rings. The number of hydrogen-bond donors (Lipinski definition) is 4. The van der Waals surface area contributed by atoms with E-state index in [1.165, 1.54) is 99.8 Å². The van der Waals surface area contributed by atoms with Crippen LogP contribution in [0.2, 0.25) is 0 Å². The van der Waals surface area contributed by atoms with E-state index >= 15 is 0 Å². The Labute approximate surface area is 333 Å². The molecule has 3 aromatic rings. The van der Waals surface area contributed by atoms with E-state index in [0.29, 0.717) is 12.1 Å². The number of aromatic nitrogens is 3. The van der Waals surface area contributed by atoms with E-state index in [9.17, 15) is 34.6 Å². The number of nitriles is 2. The van der Waals surface area contributed by atoms with E-state index < -0.39 is 55.9 Å². The molecule has 1 aromatic carbocycles. The smallest absolute Gasteiger partial charge is 0.472 e. The molecule has 2 unspecified atom stereocenters. The normalized spacial score (nSPS) is 24.1. The van der Waals surface area contributed by atoms with Gasteiger partial charge in [-0.2, -0.15) is 15.6 Å². The molecule has 0 amide bonds. The maximum absolute atomic E-state index is 14.2. The molecular formula is C40H56FN6O9P. The lowest BCUT2D eigenvalue weighted by atomic mass is 9.90. The Kier molecular flexibility index (Phi) is 16.2. The number of benzene rings is 1. The molecule has 1 saturated heterocycles. The summed E-state index contributed by atoms with van der Waals surface area (Å²) >= 11 is 0. The number of anilines is 1. The summed E-state index contributed by atoms with van der Waals surface area (Å²) in [4.78, 5) is 14.6. The number of unbranched alkanes of at least 4 members (excludes halogenated alkanes) is 15. The van der Waals surface area contributed by atoms with E-state index in [-0.39, 0.29) is 29.4 Å². The van der Waals surface area contributed by atoms with Gasteiger partial charge in [0.05, 0.1) is 30.5 Å². The number of rotatable bonds is 27. The Balaban J connectivity index is 1.05. The molecule has 57 heavy (non-hydrogen) atoms. The molecule has 3 heterocycles. The minimum Gasteiger partial charge on any atom is -0.485 e. The number of halogens is 1. The number of aliphatic hydroxyl groups is 2. The number of hydrogen-bond acceptors (Lipinski definition) is 13. The molecule has 1 aliphatic heterocycles. The highest BCUT2D eigenvalue weighted by molar-refractivity contribution is 7.47. The molecule has 1 saturated carbocycles. The molecule has 0 bridgehead atoms. The van der Waals surface area contributed by atoms with Crippen molar-refractivity contribution in [1.82, 2.24) is 14.6 Å². The van der Waals surface area contributed by atoms with Gasteiger partial charge in [0, 0.05) is 12.7 Å². The van der Waals surface area contributed by atoms with E-state index in [1.54, 1.807) is 0 Å². The Morgan fingerprint density at radius 1 is 0.982 bits per heavy atom. The highest BCUT2D eigenvalue weighted by Gasteiger charge is 2.83. The first-order chi connectivity index (χ1) is 27.5. The van der Waals surface area contributed by atoms with Gasteiger partial charge in [-0.1, -0.05) is 103 Å². The second-order valence-electron chi connectivity index (χ2n) is 15.0. The van der Waals surface area contributed by atoms with Crippen LogP contribution in [0, 0.1) is 28.5 Å². The molecule has 15 nitrogen and oxygen atoms in total. The number of nitrogen functional groups attached to an aromatic ring is 1. The van der Waals surface area contributed by atoms with Crippen LogP contribution >= 0.6 is 7.82 Å². The summed E-state index contributed by atoms with van der Waals surface area (Å²) in [6.45, 7) is 1.97. The van der Waals surface area contributed by atoms with Crippen LogP contribution in [0.3, 0.4) is 0 Å². The quantitative estimate of drug-likeness (QED) is 0.0460. The number of nitrogens with zero attached hydrogens (tertiary/aromatic N) is 5. The number of fused-ring (bicyclic) bond motifs is 2. The third-order valence-electron chi connectivity index (χ3n) is 10.7. The van der Waals surface area contributed by atoms with Crippen molar-refractivity contribution in [3.05, 3.63) is 53.7 Å². The molecular weight excluding hydrogens is 758 g/mol. The highest BCUT2D eigenvalue weighted by Crippen LogP contribution is 2.63. The van der Waals surface area contributed by atoms with Gasteiger partial charge < -0.3 is 35.1 Å². The van der Waals surface area contributed by atoms with E-state index in [2.05, 4.69) is 17.0 Å². The fourth-order valence-electron chi connectivity index (χ4n) is 7.43. The Bertz CT molecular complexity index is 1890. The highest BCUT2D eigenvalue weighted by atomic mass is 31.2. The summed E-state index contributed by atoms with van der Waals surface area (Å²) in [5.74, 6) is -0.616. The number of ether oxygens (including phenoxy) is 3. The molecule has 0 radical (unpaired) electrons. The molecule has 1 aliphatic carbocycles. The first-order valence-corrected chi connectivity index (χ1v) is 21.7. The fraction of sp³-hybridized carbons (Fsp3) is 0.650. The fourth-order valence-corrected chi connectivity index (χ4v) is 8.41. The van der Waals surface area contributed by atoms with Gasteiger partial charge in [0.25, 0.3) is 0 Å². The van der Waals surface area contributed by atoms with Crippen molar-refractivity contribution < 1.29 is 47.3 Å². The van der Waals surface area contributed by atoms with Crippen molar-refractivity contribution in [3.8, 4) is 17.9 Å². The van der Waals surface area contributed by atoms with Crippen molar-refractivity contribution in [2.45, 2.75) is 145 Å².